The fourth-order valence-corrected chi connectivity index (χ4v) is 1.76. The van der Waals surface area contributed by atoms with E-state index in [4.69, 9.17) is 9.78 Å². The molecule has 0 amide bonds. The number of aromatic nitrogens is 2. The minimum absolute atomic E-state index is 0.266. The molecule has 1 aliphatic carbocycles. The predicted molar refractivity (Wildman–Crippen MR) is 57.5 cm³/mol. The van der Waals surface area contributed by atoms with Crippen LogP contribution in [0.3, 0.4) is 0 Å². The molecule has 1 aliphatic rings. The van der Waals surface area contributed by atoms with Crippen LogP contribution in [0.1, 0.15) is 31.0 Å². The maximum Gasteiger partial charge on any atom is 0.223 e. The third-order valence-corrected chi connectivity index (χ3v) is 3.01. The summed E-state index contributed by atoms with van der Waals surface area (Å²) < 4.78 is 4.88. The van der Waals surface area contributed by atoms with Crippen molar-refractivity contribution in [1.82, 2.24) is 15.5 Å². The minimum Gasteiger partial charge on any atom is -0.340 e. The van der Waals surface area contributed by atoms with E-state index in [1.807, 2.05) is 0 Å². The molecule has 0 unspecified atom stereocenters. The number of hydrogen-bond donors (Lipinski definition) is 1. The summed E-state index contributed by atoms with van der Waals surface area (Å²) in [6, 6.07) is 2.25. The van der Waals surface area contributed by atoms with Crippen LogP contribution in [-0.4, -0.2) is 23.2 Å². The Hall–Kier alpha value is -1.41. The lowest BCUT2D eigenvalue weighted by atomic mass is 10.0. The van der Waals surface area contributed by atoms with Crippen molar-refractivity contribution >= 4 is 0 Å². The first-order chi connectivity index (χ1) is 7.74. The van der Waals surface area contributed by atoms with E-state index in [-0.39, 0.29) is 5.41 Å². The van der Waals surface area contributed by atoms with Gasteiger partial charge in [0.2, 0.25) is 5.89 Å². The van der Waals surface area contributed by atoms with Crippen molar-refractivity contribution in [2.75, 3.05) is 13.1 Å². The quantitative estimate of drug-likeness (QED) is 0.729. The van der Waals surface area contributed by atoms with Crippen molar-refractivity contribution in [3.63, 3.8) is 0 Å². The van der Waals surface area contributed by atoms with Gasteiger partial charge in [0.15, 0.2) is 5.82 Å². The van der Waals surface area contributed by atoms with Crippen LogP contribution in [0, 0.1) is 23.7 Å². The molecule has 0 spiro atoms. The molecule has 1 heterocycles. The number of rotatable bonds is 6. The van der Waals surface area contributed by atoms with Gasteiger partial charge in [-0.15, -0.1) is 0 Å². The summed E-state index contributed by atoms with van der Waals surface area (Å²) >= 11 is 0. The largest absolute Gasteiger partial charge is 0.340 e. The zero-order valence-corrected chi connectivity index (χ0v) is 9.49. The summed E-state index contributed by atoms with van der Waals surface area (Å²) in [4.78, 5) is 4.13. The van der Waals surface area contributed by atoms with E-state index < -0.39 is 0 Å². The topological polar surface area (TPSA) is 74.7 Å². The van der Waals surface area contributed by atoms with Gasteiger partial charge in [-0.1, -0.05) is 5.16 Å². The van der Waals surface area contributed by atoms with Crippen molar-refractivity contribution in [3.8, 4) is 6.07 Å². The Labute approximate surface area is 94.8 Å². The Morgan fingerprint density at radius 2 is 2.38 bits per heavy atom. The highest BCUT2D eigenvalue weighted by Gasteiger charge is 2.41. The van der Waals surface area contributed by atoms with Gasteiger partial charge in [0, 0.05) is 32.9 Å². The Morgan fingerprint density at radius 3 is 2.94 bits per heavy atom. The number of aryl methyl sites for hydroxylation is 1. The Morgan fingerprint density at radius 1 is 1.56 bits per heavy atom. The maximum absolute atomic E-state index is 8.67. The van der Waals surface area contributed by atoms with E-state index in [1.54, 1.807) is 6.92 Å². The smallest absolute Gasteiger partial charge is 0.223 e. The SMILES string of the molecule is Cc1nc(CCNCC2(CC#N)CC2)no1. The lowest BCUT2D eigenvalue weighted by Gasteiger charge is -2.10. The molecule has 1 fully saturated rings. The molecule has 0 aromatic carbocycles. The van der Waals surface area contributed by atoms with Crippen molar-refractivity contribution in [3.05, 3.63) is 11.7 Å². The fourth-order valence-electron chi connectivity index (χ4n) is 1.76. The van der Waals surface area contributed by atoms with E-state index in [0.29, 0.717) is 12.3 Å². The van der Waals surface area contributed by atoms with E-state index in [2.05, 4.69) is 21.5 Å². The van der Waals surface area contributed by atoms with Crippen molar-refractivity contribution in [2.45, 2.75) is 32.6 Å². The first-order valence-corrected chi connectivity index (χ1v) is 5.61. The molecular formula is C11H16N4O. The number of nitrogens with zero attached hydrogens (tertiary/aromatic N) is 3. The van der Waals surface area contributed by atoms with Gasteiger partial charge < -0.3 is 9.84 Å². The number of nitriles is 1. The van der Waals surface area contributed by atoms with Gasteiger partial charge in [-0.3, -0.25) is 0 Å². The molecular weight excluding hydrogens is 204 g/mol. The number of hydrogen-bond acceptors (Lipinski definition) is 5. The molecule has 5 nitrogen and oxygen atoms in total. The third-order valence-electron chi connectivity index (χ3n) is 3.01. The first-order valence-electron chi connectivity index (χ1n) is 5.61. The summed E-state index contributed by atoms with van der Waals surface area (Å²) in [5.74, 6) is 1.35. The molecule has 0 bridgehead atoms. The molecule has 0 radical (unpaired) electrons. The molecule has 1 saturated carbocycles. The van der Waals surface area contributed by atoms with Crippen LogP contribution in [0.25, 0.3) is 0 Å². The van der Waals surface area contributed by atoms with Gasteiger partial charge in [0.05, 0.1) is 6.07 Å². The molecule has 1 aromatic heterocycles. The molecule has 1 N–H and O–H groups in total. The molecule has 0 saturated heterocycles. The zero-order chi connectivity index (χ0) is 11.4. The Bertz CT molecular complexity index is 389. The van der Waals surface area contributed by atoms with Crippen LogP contribution in [0.5, 0.6) is 0 Å². The summed E-state index contributed by atoms with van der Waals surface area (Å²) in [5, 5.41) is 15.9. The van der Waals surface area contributed by atoms with Gasteiger partial charge in [0.25, 0.3) is 0 Å². The lowest BCUT2D eigenvalue weighted by molar-refractivity contribution is 0.386. The maximum atomic E-state index is 8.67. The third kappa shape index (κ3) is 2.80. The summed E-state index contributed by atoms with van der Waals surface area (Å²) in [5.41, 5.74) is 0.266. The van der Waals surface area contributed by atoms with Crippen molar-refractivity contribution < 1.29 is 4.52 Å². The minimum atomic E-state index is 0.266. The highest BCUT2D eigenvalue weighted by atomic mass is 16.5. The van der Waals surface area contributed by atoms with Crippen molar-refractivity contribution in [2.24, 2.45) is 5.41 Å². The van der Waals surface area contributed by atoms with Gasteiger partial charge in [-0.2, -0.15) is 10.2 Å². The van der Waals surface area contributed by atoms with Gasteiger partial charge in [-0.05, 0) is 18.3 Å². The predicted octanol–water partition coefficient (Wildman–Crippen LogP) is 1.20. The zero-order valence-electron chi connectivity index (χ0n) is 9.49. The molecule has 2 rings (SSSR count). The van der Waals surface area contributed by atoms with Gasteiger partial charge in [0.1, 0.15) is 0 Å². The van der Waals surface area contributed by atoms with E-state index in [1.165, 1.54) is 12.8 Å². The Balaban J connectivity index is 1.64. The number of nitrogens with one attached hydrogen (secondary N) is 1. The highest BCUT2D eigenvalue weighted by Crippen LogP contribution is 2.47. The van der Waals surface area contributed by atoms with Crippen LogP contribution >= 0.6 is 0 Å². The van der Waals surface area contributed by atoms with E-state index >= 15 is 0 Å². The Kier molecular flexibility index (Phi) is 3.20. The average Bonchev–Trinajstić information content (AvgIpc) is 2.90. The summed E-state index contributed by atoms with van der Waals surface area (Å²) in [6.45, 7) is 3.56. The second-order valence-corrected chi connectivity index (χ2v) is 4.49. The molecule has 0 aliphatic heterocycles. The average molecular weight is 220 g/mol. The standard InChI is InChI=1S/C11H16N4O/c1-9-14-10(15-16-9)2-7-13-8-11(3-4-11)5-6-12/h13H,2-5,7-8H2,1H3. The fraction of sp³-hybridized carbons (Fsp3) is 0.727. The second-order valence-electron chi connectivity index (χ2n) is 4.49. The molecule has 16 heavy (non-hydrogen) atoms. The van der Waals surface area contributed by atoms with Crippen LogP contribution in [-0.2, 0) is 6.42 Å². The van der Waals surface area contributed by atoms with Gasteiger partial charge >= 0.3 is 0 Å². The van der Waals surface area contributed by atoms with Crippen LogP contribution < -0.4 is 5.32 Å². The summed E-state index contributed by atoms with van der Waals surface area (Å²) in [7, 11) is 0. The second kappa shape index (κ2) is 4.62. The first kappa shape index (κ1) is 11.1. The van der Waals surface area contributed by atoms with Gasteiger partial charge in [-0.25, -0.2) is 0 Å². The normalized spacial score (nSPS) is 17.0. The summed E-state index contributed by atoms with van der Waals surface area (Å²) in [6.07, 6.45) is 3.80. The van der Waals surface area contributed by atoms with E-state index in [0.717, 1.165) is 25.3 Å². The van der Waals surface area contributed by atoms with Crippen LogP contribution in [0.15, 0.2) is 4.52 Å². The molecule has 5 heteroatoms. The molecule has 1 aromatic rings. The van der Waals surface area contributed by atoms with E-state index in [9.17, 15) is 0 Å². The van der Waals surface area contributed by atoms with Crippen LogP contribution in [0.4, 0.5) is 0 Å². The van der Waals surface area contributed by atoms with Crippen LogP contribution in [0.2, 0.25) is 0 Å². The van der Waals surface area contributed by atoms with Crippen molar-refractivity contribution in [1.29, 1.82) is 5.26 Å². The lowest BCUT2D eigenvalue weighted by Crippen LogP contribution is -2.26. The molecule has 0 atom stereocenters. The highest BCUT2D eigenvalue weighted by molar-refractivity contribution is 5.00. The monoisotopic (exact) mass is 220 g/mol. The molecule has 86 valence electrons.